The molecule has 8 heteroatoms. The first-order valence-electron chi connectivity index (χ1n) is 5.94. The molecule has 0 aliphatic carbocycles. The molecule has 0 fully saturated rings. The Bertz CT molecular complexity index is 610. The number of benzene rings is 1. The van der Waals surface area contributed by atoms with Crippen molar-refractivity contribution < 1.29 is 21.1 Å². The second-order valence-electron chi connectivity index (χ2n) is 3.70. The predicted molar refractivity (Wildman–Crippen MR) is 89.8 cm³/mol. The van der Waals surface area contributed by atoms with Crippen molar-refractivity contribution >= 4 is 23.7 Å². The summed E-state index contributed by atoms with van der Waals surface area (Å²) < 4.78 is 26.5. The van der Waals surface area contributed by atoms with Gasteiger partial charge in [0.2, 0.25) is 0 Å². The van der Waals surface area contributed by atoms with Crippen LogP contribution in [0.1, 0.15) is 13.2 Å². The molecule has 1 aromatic carbocycles. The standard InChI is InChI=1S/C9H11NO4S.C5H8N2.2H2/c1-10-9(11)6-3-4-7(14-2)8(5-6)15(12)13;1-3-5(6)4-7-2;;/h3-5H,1-2H3,(H,10,11)(H,12,13);3-4H,1-2,6H2;2*1H/p-1/b;5-4+;;. The molecule has 1 rings (SSSR count). The van der Waals surface area contributed by atoms with Gasteiger partial charge in [-0.2, -0.15) is 0 Å². The van der Waals surface area contributed by atoms with Gasteiger partial charge >= 0.3 is 0 Å². The first-order chi connectivity index (χ1) is 10.4. The maximum absolute atomic E-state index is 11.2. The predicted octanol–water partition coefficient (Wildman–Crippen LogP) is 1.46. The van der Waals surface area contributed by atoms with Crippen molar-refractivity contribution in [2.75, 3.05) is 14.2 Å². The molecule has 1 unspecified atom stereocenters. The highest BCUT2D eigenvalue weighted by Gasteiger charge is 2.09. The molecule has 0 saturated carbocycles. The molecule has 7 nitrogen and oxygen atoms in total. The normalized spacial score (nSPS) is 11.5. The Morgan fingerprint density at radius 3 is 2.59 bits per heavy atom. The average Bonchev–Trinajstić information content (AvgIpc) is 2.54. The second kappa shape index (κ2) is 10.3. The first kappa shape index (κ1) is 19.6. The first-order valence-corrected chi connectivity index (χ1v) is 7.02. The number of nitrogens with one attached hydrogen (secondary N) is 1. The van der Waals surface area contributed by atoms with Crippen LogP contribution in [-0.2, 0) is 11.1 Å². The van der Waals surface area contributed by atoms with E-state index in [9.17, 15) is 13.6 Å². The number of hydrogen-bond donors (Lipinski definition) is 2. The van der Waals surface area contributed by atoms with Crippen molar-refractivity contribution in [1.82, 2.24) is 5.32 Å². The van der Waals surface area contributed by atoms with Gasteiger partial charge in [0.15, 0.2) is 0 Å². The van der Waals surface area contributed by atoms with Crippen molar-refractivity contribution in [1.29, 1.82) is 0 Å². The van der Waals surface area contributed by atoms with Crippen LogP contribution in [0.2, 0.25) is 0 Å². The number of nitrogens with two attached hydrogens (primary N) is 1. The van der Waals surface area contributed by atoms with Crippen LogP contribution in [0.15, 0.2) is 52.6 Å². The van der Waals surface area contributed by atoms with Crippen LogP contribution in [0.5, 0.6) is 5.75 Å². The van der Waals surface area contributed by atoms with E-state index in [0.717, 1.165) is 0 Å². The number of nitrogens with zero attached hydrogens (tertiary/aromatic N) is 1. The molecule has 3 N–H and O–H groups in total. The van der Waals surface area contributed by atoms with Crippen LogP contribution < -0.4 is 15.8 Å². The van der Waals surface area contributed by atoms with Gasteiger partial charge in [0, 0.05) is 27.4 Å². The summed E-state index contributed by atoms with van der Waals surface area (Å²) in [6, 6.07) is 4.20. The molecular formula is C14H22N3O4S-. The van der Waals surface area contributed by atoms with Gasteiger partial charge in [0.25, 0.3) is 5.91 Å². The summed E-state index contributed by atoms with van der Waals surface area (Å²) in [6.07, 6.45) is 2.95. The highest BCUT2D eigenvalue weighted by Crippen LogP contribution is 2.22. The fraction of sp³-hybridized carbons (Fsp3) is 0.143. The van der Waals surface area contributed by atoms with Crippen LogP contribution >= 0.6 is 0 Å². The monoisotopic (exact) mass is 328 g/mol. The number of carbonyl (C=O) groups is 1. The zero-order chi connectivity index (χ0) is 17.1. The van der Waals surface area contributed by atoms with E-state index in [1.54, 1.807) is 0 Å². The van der Waals surface area contributed by atoms with Gasteiger partial charge in [0.05, 0.1) is 12.0 Å². The maximum Gasteiger partial charge on any atom is 0.251 e. The molecule has 0 saturated heterocycles. The van der Waals surface area contributed by atoms with Gasteiger partial charge in [0.1, 0.15) is 5.75 Å². The number of carbonyl (C=O) groups excluding carboxylic acids is 1. The van der Waals surface area contributed by atoms with E-state index in [1.807, 2.05) is 0 Å². The summed E-state index contributed by atoms with van der Waals surface area (Å²) in [7, 11) is 2.84. The fourth-order valence-corrected chi connectivity index (χ4v) is 1.79. The molecule has 1 atom stereocenters. The lowest BCUT2D eigenvalue weighted by Crippen LogP contribution is -2.18. The molecular weight excluding hydrogens is 306 g/mol. The van der Waals surface area contributed by atoms with Crippen molar-refractivity contribution in [2.45, 2.75) is 4.90 Å². The van der Waals surface area contributed by atoms with Gasteiger partial charge in [-0.25, -0.2) is 0 Å². The third-order valence-electron chi connectivity index (χ3n) is 2.31. The van der Waals surface area contributed by atoms with Gasteiger partial charge in [-0.05, 0) is 42.1 Å². The van der Waals surface area contributed by atoms with Crippen LogP contribution in [-0.4, -0.2) is 35.5 Å². The summed E-state index contributed by atoms with van der Waals surface area (Å²) in [5, 5.41) is 2.40. The van der Waals surface area contributed by atoms with Crippen LogP contribution in [0.25, 0.3) is 0 Å². The smallest absolute Gasteiger partial charge is 0.251 e. The second-order valence-corrected chi connectivity index (χ2v) is 4.60. The Morgan fingerprint density at radius 2 is 2.23 bits per heavy atom. The third kappa shape index (κ3) is 6.33. The third-order valence-corrected chi connectivity index (χ3v) is 2.99. The summed E-state index contributed by atoms with van der Waals surface area (Å²) in [5.41, 5.74) is 6.01. The van der Waals surface area contributed by atoms with E-state index in [-0.39, 0.29) is 25.0 Å². The number of rotatable bonds is 5. The lowest BCUT2D eigenvalue weighted by Gasteiger charge is -2.11. The highest BCUT2D eigenvalue weighted by atomic mass is 32.2. The Labute approximate surface area is 134 Å². The molecule has 0 aromatic heterocycles. The van der Waals surface area contributed by atoms with E-state index in [0.29, 0.717) is 5.70 Å². The Balaban J connectivity index is -0.000000424. The molecule has 0 radical (unpaired) electrons. The Morgan fingerprint density at radius 1 is 1.59 bits per heavy atom. The van der Waals surface area contributed by atoms with Crippen molar-refractivity contribution in [3.05, 3.63) is 48.3 Å². The van der Waals surface area contributed by atoms with Gasteiger partial charge in [-0.15, -0.1) is 0 Å². The van der Waals surface area contributed by atoms with Crippen LogP contribution in [0.4, 0.5) is 0 Å². The van der Waals surface area contributed by atoms with E-state index >= 15 is 0 Å². The van der Waals surface area contributed by atoms with E-state index in [4.69, 9.17) is 10.5 Å². The van der Waals surface area contributed by atoms with E-state index in [1.165, 1.54) is 44.6 Å². The largest absolute Gasteiger partial charge is 0.768 e. The minimum Gasteiger partial charge on any atom is -0.768 e. The molecule has 1 aromatic rings. The number of methoxy groups -OCH3 is 1. The Hall–Kier alpha value is -2.45. The maximum atomic E-state index is 11.2. The van der Waals surface area contributed by atoms with Gasteiger partial charge in [-0.3, -0.25) is 14.0 Å². The summed E-state index contributed by atoms with van der Waals surface area (Å²) in [6.45, 7) is 6.59. The van der Waals surface area contributed by atoms with Crippen LogP contribution in [0, 0.1) is 0 Å². The number of ether oxygens (including phenoxy) is 1. The minimum absolute atomic E-state index is 0. The van der Waals surface area contributed by atoms with Gasteiger partial charge < -0.3 is 20.3 Å². The zero-order valence-corrected chi connectivity index (χ0v) is 13.2. The average molecular weight is 328 g/mol. The fourth-order valence-electron chi connectivity index (χ4n) is 1.25. The molecule has 22 heavy (non-hydrogen) atoms. The number of aliphatic imine (C=N–C) groups is 1. The Kier molecular flexibility index (Phi) is 9.15. The lowest BCUT2D eigenvalue weighted by atomic mass is 10.2. The summed E-state index contributed by atoms with van der Waals surface area (Å²) >= 11 is -2.42. The van der Waals surface area contributed by atoms with Crippen molar-refractivity contribution in [3.8, 4) is 5.75 Å². The van der Waals surface area contributed by atoms with Crippen molar-refractivity contribution in [2.24, 2.45) is 10.7 Å². The highest BCUT2D eigenvalue weighted by molar-refractivity contribution is 7.79. The van der Waals surface area contributed by atoms with E-state index < -0.39 is 11.1 Å². The zero-order valence-electron chi connectivity index (χ0n) is 12.4. The van der Waals surface area contributed by atoms with E-state index in [2.05, 4.69) is 23.6 Å². The quantitative estimate of drug-likeness (QED) is 0.482. The minimum atomic E-state index is -2.42. The molecule has 0 aliphatic rings. The number of amides is 1. The molecule has 0 bridgehead atoms. The number of allylic oxidation sites excluding steroid dienone is 1. The van der Waals surface area contributed by atoms with Crippen molar-refractivity contribution in [3.63, 3.8) is 0 Å². The summed E-state index contributed by atoms with van der Waals surface area (Å²) in [5.74, 6) is -0.125. The molecule has 1 amide bonds. The molecule has 0 spiro atoms. The molecule has 0 aliphatic heterocycles. The topological polar surface area (TPSA) is 117 Å². The number of hydrogen-bond acceptors (Lipinski definition) is 6. The molecule has 0 heterocycles. The van der Waals surface area contributed by atoms with Crippen LogP contribution in [0.3, 0.4) is 0 Å². The SMILES string of the molecule is C=C/C(N)=C\N=C.CNC(=O)c1ccc(OC)c(S(=O)[O-])c1.[HH].[HH]. The van der Waals surface area contributed by atoms with Gasteiger partial charge in [-0.1, -0.05) is 6.58 Å². The molecule has 124 valence electrons. The summed E-state index contributed by atoms with van der Waals surface area (Å²) in [4.78, 5) is 14.6. The lowest BCUT2D eigenvalue weighted by molar-refractivity contribution is 0.0963.